The molecule has 60 heavy (non-hydrogen) atoms. The standard InChI is InChI=1S/C23H22N6O.C15H15N5.C8H7NO/c24-22-21-20(26-14-27-22)18-7-4-8-19(18)29(21)17-11-9-16(10-12-17)28-23(30)25-13-15-5-2-1-3-6-15;16-9-4-6-10(7-5-9)20-12-3-1-2-11(12)13-14(20)15(17)19-8-18-13;10-7-9-6-8-4-2-1-3-5-8/h1-3,5-6,9-12,14H,4,7-8,13H2,(H2,24,26,27)(H2,25,28,30);4-8H,1-3,16H2,(H2,17,18,19);1-5H,6H2. The van der Waals surface area contributed by atoms with E-state index in [1.165, 1.54) is 41.3 Å². The third kappa shape index (κ3) is 8.26. The van der Waals surface area contributed by atoms with Crippen molar-refractivity contribution in [2.24, 2.45) is 4.99 Å². The van der Waals surface area contributed by atoms with Crippen molar-refractivity contribution in [1.82, 2.24) is 34.4 Å². The largest absolute Gasteiger partial charge is 0.399 e. The molecule has 0 fully saturated rings. The van der Waals surface area contributed by atoms with Crippen molar-refractivity contribution in [3.63, 3.8) is 0 Å². The average molecular weight is 797 g/mol. The number of hydrogen-bond acceptors (Lipinski definition) is 10. The second kappa shape index (κ2) is 17.8. The molecule has 4 aromatic heterocycles. The summed E-state index contributed by atoms with van der Waals surface area (Å²) in [7, 11) is 0. The van der Waals surface area contributed by atoms with Gasteiger partial charge in [0.15, 0.2) is 11.6 Å². The molecule has 0 saturated heterocycles. The summed E-state index contributed by atoms with van der Waals surface area (Å²) < 4.78 is 4.35. The number of rotatable bonds is 7. The van der Waals surface area contributed by atoms with E-state index in [-0.39, 0.29) is 6.03 Å². The lowest BCUT2D eigenvalue weighted by atomic mass is 10.2. The second-order valence-corrected chi connectivity index (χ2v) is 14.5. The zero-order chi connectivity index (χ0) is 41.4. The van der Waals surface area contributed by atoms with Crippen LogP contribution >= 0.6 is 0 Å². The molecule has 0 saturated carbocycles. The molecule has 14 nitrogen and oxygen atoms in total. The molecule has 14 heteroatoms. The number of nitrogens with two attached hydrogens (primary N) is 3. The number of nitrogen functional groups attached to an aromatic ring is 3. The van der Waals surface area contributed by atoms with E-state index in [9.17, 15) is 9.59 Å². The smallest absolute Gasteiger partial charge is 0.319 e. The minimum atomic E-state index is -0.239. The molecule has 10 rings (SSSR count). The first-order valence-electron chi connectivity index (χ1n) is 19.8. The first kappa shape index (κ1) is 39.0. The number of urea groups is 1. The summed E-state index contributed by atoms with van der Waals surface area (Å²) in [6.07, 6.45) is 11.0. The van der Waals surface area contributed by atoms with Crippen LogP contribution in [-0.4, -0.2) is 41.2 Å². The molecule has 2 aliphatic carbocycles. The summed E-state index contributed by atoms with van der Waals surface area (Å²) in [5.74, 6) is 1.01. The third-order valence-electron chi connectivity index (χ3n) is 10.6. The van der Waals surface area contributed by atoms with Crippen molar-refractivity contribution in [2.75, 3.05) is 22.5 Å². The lowest BCUT2D eigenvalue weighted by Gasteiger charge is -2.12. The summed E-state index contributed by atoms with van der Waals surface area (Å²) in [6, 6.07) is 34.7. The number of fused-ring (bicyclic) bond motifs is 6. The number of nitrogens with zero attached hydrogens (tertiary/aromatic N) is 7. The molecule has 2 amide bonds. The van der Waals surface area contributed by atoms with Crippen molar-refractivity contribution in [2.45, 2.75) is 51.6 Å². The fourth-order valence-corrected chi connectivity index (χ4v) is 7.94. The van der Waals surface area contributed by atoms with Gasteiger partial charge in [0.05, 0.1) is 17.6 Å². The summed E-state index contributed by atoms with van der Waals surface area (Å²) in [5.41, 5.74) is 32.5. The van der Waals surface area contributed by atoms with Crippen LogP contribution in [0.1, 0.15) is 46.5 Å². The number of benzene rings is 4. The highest BCUT2D eigenvalue weighted by molar-refractivity contribution is 5.93. The predicted molar refractivity (Wildman–Crippen MR) is 236 cm³/mol. The van der Waals surface area contributed by atoms with Crippen LogP contribution in [0.2, 0.25) is 0 Å². The van der Waals surface area contributed by atoms with Gasteiger partial charge in [-0.15, -0.1) is 0 Å². The zero-order valence-electron chi connectivity index (χ0n) is 32.9. The van der Waals surface area contributed by atoms with Crippen LogP contribution in [0.15, 0.2) is 127 Å². The molecule has 0 atom stereocenters. The molecule has 4 aromatic carbocycles. The Morgan fingerprint density at radius 2 is 1.13 bits per heavy atom. The van der Waals surface area contributed by atoms with E-state index < -0.39 is 0 Å². The Morgan fingerprint density at radius 1 is 0.633 bits per heavy atom. The summed E-state index contributed by atoms with van der Waals surface area (Å²) in [4.78, 5) is 42.6. The number of amides is 2. The van der Waals surface area contributed by atoms with E-state index in [0.29, 0.717) is 24.7 Å². The van der Waals surface area contributed by atoms with Gasteiger partial charge in [-0.3, -0.25) is 0 Å². The van der Waals surface area contributed by atoms with Crippen LogP contribution in [-0.2, 0) is 43.6 Å². The topological polar surface area (TPSA) is 210 Å². The van der Waals surface area contributed by atoms with Crippen LogP contribution in [0.5, 0.6) is 0 Å². The summed E-state index contributed by atoms with van der Waals surface area (Å²) in [6.45, 7) is 0.913. The van der Waals surface area contributed by atoms with Gasteiger partial charge in [-0.25, -0.2) is 34.5 Å². The van der Waals surface area contributed by atoms with E-state index in [1.54, 1.807) is 6.33 Å². The van der Waals surface area contributed by atoms with Crippen LogP contribution < -0.4 is 27.8 Å². The van der Waals surface area contributed by atoms with Gasteiger partial charge >= 0.3 is 6.03 Å². The monoisotopic (exact) mass is 796 g/mol. The fraction of sp³-hybridized carbons (Fsp3) is 0.174. The maximum Gasteiger partial charge on any atom is 0.319 e. The second-order valence-electron chi connectivity index (χ2n) is 14.5. The molecule has 8 N–H and O–H groups in total. The lowest BCUT2D eigenvalue weighted by Crippen LogP contribution is -2.28. The van der Waals surface area contributed by atoms with Gasteiger partial charge in [0.25, 0.3) is 0 Å². The maximum absolute atomic E-state index is 12.2. The number of hydrogen-bond donors (Lipinski definition) is 5. The van der Waals surface area contributed by atoms with E-state index in [0.717, 1.165) is 88.0 Å². The first-order chi connectivity index (χ1) is 29.4. The quantitative estimate of drug-likeness (QED) is 0.0617. The average Bonchev–Trinajstić information content (AvgIpc) is 4.08. The number of nitrogens with one attached hydrogen (secondary N) is 2. The number of isocyanates is 1. The van der Waals surface area contributed by atoms with Crippen molar-refractivity contribution < 1.29 is 9.59 Å². The first-order valence-corrected chi connectivity index (χ1v) is 19.8. The molecule has 2 aliphatic rings. The normalized spacial score (nSPS) is 12.3. The minimum Gasteiger partial charge on any atom is -0.399 e. The Bertz CT molecular complexity index is 2810. The predicted octanol–water partition coefficient (Wildman–Crippen LogP) is 7.41. The van der Waals surface area contributed by atoms with Gasteiger partial charge in [-0.05, 0) is 109 Å². The summed E-state index contributed by atoms with van der Waals surface area (Å²) in [5, 5.41) is 5.74. The van der Waals surface area contributed by atoms with Crippen LogP contribution in [0.25, 0.3) is 33.4 Å². The number of aromatic nitrogens is 6. The van der Waals surface area contributed by atoms with Crippen LogP contribution in [0, 0.1) is 0 Å². The van der Waals surface area contributed by atoms with Gasteiger partial charge in [0, 0.05) is 40.7 Å². The molecule has 0 aliphatic heterocycles. The molecule has 300 valence electrons. The Kier molecular flexibility index (Phi) is 11.5. The highest BCUT2D eigenvalue weighted by atomic mass is 16.2. The third-order valence-corrected chi connectivity index (χ3v) is 10.6. The van der Waals surface area contributed by atoms with E-state index in [2.05, 4.69) is 44.7 Å². The highest BCUT2D eigenvalue weighted by Gasteiger charge is 2.26. The van der Waals surface area contributed by atoms with E-state index >= 15 is 0 Å². The molecule has 8 aromatic rings. The highest BCUT2D eigenvalue weighted by Crippen LogP contribution is 2.37. The SMILES string of the molecule is Nc1ccc(-n2c3c(c4ncnc(N)c42)CCC3)cc1.Nc1ncnc2c3c(n(-c4ccc(NC(=O)NCc5ccccc5)cc4)c12)CCC3.O=C=NCc1ccccc1. The van der Waals surface area contributed by atoms with Gasteiger partial charge in [-0.2, -0.15) is 0 Å². The van der Waals surface area contributed by atoms with Crippen molar-refractivity contribution in [1.29, 1.82) is 0 Å². The molecule has 0 radical (unpaired) electrons. The lowest BCUT2D eigenvalue weighted by molar-refractivity contribution is 0.251. The van der Waals surface area contributed by atoms with Crippen molar-refractivity contribution in [3.05, 3.63) is 155 Å². The molecule has 0 spiro atoms. The molecule has 0 unspecified atom stereocenters. The maximum atomic E-state index is 12.2. The van der Waals surface area contributed by atoms with E-state index in [4.69, 9.17) is 17.2 Å². The van der Waals surface area contributed by atoms with E-state index in [1.807, 2.05) is 109 Å². The number of carbonyl (C=O) groups excluding carboxylic acids is 2. The minimum absolute atomic E-state index is 0.239. The zero-order valence-corrected chi connectivity index (χ0v) is 32.9. The van der Waals surface area contributed by atoms with Gasteiger partial charge in [-0.1, -0.05) is 60.7 Å². The number of aryl methyl sites for hydroxylation is 2. The Labute approximate surface area is 346 Å². The number of carbonyl (C=O) groups is 1. The fourth-order valence-electron chi connectivity index (χ4n) is 7.94. The number of aliphatic imine (C=N–C) groups is 1. The van der Waals surface area contributed by atoms with Gasteiger partial charge in [0.1, 0.15) is 23.7 Å². The number of anilines is 4. The van der Waals surface area contributed by atoms with Crippen LogP contribution in [0.4, 0.5) is 27.8 Å². The summed E-state index contributed by atoms with van der Waals surface area (Å²) >= 11 is 0. The molecule has 4 heterocycles. The Hall–Kier alpha value is -7.83. The van der Waals surface area contributed by atoms with Gasteiger partial charge < -0.3 is 37.0 Å². The van der Waals surface area contributed by atoms with Gasteiger partial charge in [0.2, 0.25) is 6.08 Å². The van der Waals surface area contributed by atoms with Crippen molar-refractivity contribution in [3.8, 4) is 11.4 Å². The molecular weight excluding hydrogens is 753 g/mol. The molecule has 0 bridgehead atoms. The van der Waals surface area contributed by atoms with Crippen molar-refractivity contribution >= 4 is 57.2 Å². The Balaban J connectivity index is 0.000000142. The molecular formula is C46H44N12O2. The Morgan fingerprint density at radius 3 is 1.65 bits per heavy atom. The van der Waals surface area contributed by atoms with Crippen LogP contribution in [0.3, 0.4) is 0 Å².